The summed E-state index contributed by atoms with van der Waals surface area (Å²) in [5.41, 5.74) is 5.64. The fourth-order valence-corrected chi connectivity index (χ4v) is 3.90. The molecule has 2 heteroatoms. The zero-order valence-electron chi connectivity index (χ0n) is 10.9. The second-order valence-corrected chi connectivity index (χ2v) is 6.10. The molecule has 2 saturated carbocycles. The van der Waals surface area contributed by atoms with E-state index in [-0.39, 0.29) is 0 Å². The summed E-state index contributed by atoms with van der Waals surface area (Å²) in [6.45, 7) is 0.864. The Morgan fingerprint density at radius 1 is 0.882 bits per heavy atom. The molecule has 2 nitrogen and oxygen atoms in total. The van der Waals surface area contributed by atoms with Crippen LogP contribution in [-0.2, 0) is 0 Å². The van der Waals surface area contributed by atoms with E-state index in [1.807, 2.05) is 0 Å². The van der Waals surface area contributed by atoms with Crippen LogP contribution in [0.2, 0.25) is 0 Å². The van der Waals surface area contributed by atoms with Crippen LogP contribution in [0.1, 0.15) is 57.8 Å². The zero-order chi connectivity index (χ0) is 12.1. The third-order valence-electron chi connectivity index (χ3n) is 5.09. The molecular weight excluding hydrogens is 208 g/mol. The van der Waals surface area contributed by atoms with E-state index in [2.05, 4.69) is 6.07 Å². The van der Waals surface area contributed by atoms with Crippen LogP contribution >= 0.6 is 0 Å². The minimum Gasteiger partial charge on any atom is -0.330 e. The average molecular weight is 234 g/mol. The summed E-state index contributed by atoms with van der Waals surface area (Å²) in [4.78, 5) is 0. The van der Waals surface area contributed by atoms with Crippen LogP contribution in [-0.4, -0.2) is 6.54 Å². The van der Waals surface area contributed by atoms with E-state index in [9.17, 15) is 0 Å². The van der Waals surface area contributed by atoms with Crippen LogP contribution in [0.4, 0.5) is 0 Å². The van der Waals surface area contributed by atoms with E-state index < -0.39 is 0 Å². The predicted octanol–water partition coefficient (Wildman–Crippen LogP) is 3.47. The molecule has 0 bridgehead atoms. The van der Waals surface area contributed by atoms with Gasteiger partial charge in [0.15, 0.2) is 0 Å². The Morgan fingerprint density at radius 3 is 1.88 bits per heavy atom. The van der Waals surface area contributed by atoms with Gasteiger partial charge in [0.25, 0.3) is 0 Å². The summed E-state index contributed by atoms with van der Waals surface area (Å²) >= 11 is 0. The van der Waals surface area contributed by atoms with Gasteiger partial charge in [0.1, 0.15) is 0 Å². The van der Waals surface area contributed by atoms with Gasteiger partial charge in [-0.3, -0.25) is 0 Å². The van der Waals surface area contributed by atoms with Crippen LogP contribution in [0.5, 0.6) is 0 Å². The lowest BCUT2D eigenvalue weighted by Gasteiger charge is -2.36. The highest BCUT2D eigenvalue weighted by Gasteiger charge is 2.30. The lowest BCUT2D eigenvalue weighted by Crippen LogP contribution is -2.26. The van der Waals surface area contributed by atoms with Gasteiger partial charge in [0, 0.05) is 5.92 Å². The van der Waals surface area contributed by atoms with Crippen molar-refractivity contribution in [3.8, 4) is 6.07 Å². The molecule has 17 heavy (non-hydrogen) atoms. The zero-order valence-corrected chi connectivity index (χ0v) is 10.9. The van der Waals surface area contributed by atoms with Gasteiger partial charge in [-0.2, -0.15) is 5.26 Å². The number of hydrogen-bond donors (Lipinski definition) is 1. The van der Waals surface area contributed by atoms with E-state index in [1.165, 1.54) is 44.9 Å². The van der Waals surface area contributed by atoms with Crippen molar-refractivity contribution in [2.45, 2.75) is 57.8 Å². The van der Waals surface area contributed by atoms with Gasteiger partial charge in [-0.1, -0.05) is 12.8 Å². The molecule has 2 aliphatic rings. The second kappa shape index (κ2) is 6.40. The maximum Gasteiger partial charge on any atom is 0.0655 e. The maximum atomic E-state index is 8.92. The Balaban J connectivity index is 1.72. The first-order chi connectivity index (χ1) is 8.33. The smallest absolute Gasteiger partial charge is 0.0655 e. The lowest BCUT2D eigenvalue weighted by atomic mass is 9.69. The fraction of sp³-hybridized carbons (Fsp3) is 0.933. The summed E-state index contributed by atoms with van der Waals surface area (Å²) in [5.74, 6) is 3.16. The third-order valence-corrected chi connectivity index (χ3v) is 5.09. The molecule has 2 N–H and O–H groups in total. The van der Waals surface area contributed by atoms with Gasteiger partial charge in [-0.15, -0.1) is 0 Å². The molecule has 0 aromatic heterocycles. The molecule has 0 aromatic rings. The van der Waals surface area contributed by atoms with Crippen LogP contribution in [0, 0.1) is 35.0 Å². The van der Waals surface area contributed by atoms with Gasteiger partial charge in [0.05, 0.1) is 6.07 Å². The topological polar surface area (TPSA) is 49.8 Å². The fourth-order valence-electron chi connectivity index (χ4n) is 3.90. The number of nitrogens with two attached hydrogens (primary N) is 1. The van der Waals surface area contributed by atoms with Crippen LogP contribution in [0.25, 0.3) is 0 Å². The van der Waals surface area contributed by atoms with Crippen molar-refractivity contribution in [3.05, 3.63) is 0 Å². The molecule has 0 unspecified atom stereocenters. The van der Waals surface area contributed by atoms with Crippen LogP contribution < -0.4 is 5.73 Å². The number of nitrogens with zero attached hydrogens (tertiary/aromatic N) is 1. The summed E-state index contributed by atoms with van der Waals surface area (Å²) in [6.07, 6.45) is 11.8. The Labute approximate surface area is 106 Å². The van der Waals surface area contributed by atoms with Gasteiger partial charge >= 0.3 is 0 Å². The minimum absolute atomic E-state index is 0.361. The lowest BCUT2D eigenvalue weighted by molar-refractivity contribution is 0.154. The molecule has 0 atom stereocenters. The number of rotatable bonds is 3. The Morgan fingerprint density at radius 2 is 1.41 bits per heavy atom. The summed E-state index contributed by atoms with van der Waals surface area (Å²) in [5, 5.41) is 8.92. The minimum atomic E-state index is 0.361. The van der Waals surface area contributed by atoms with Gasteiger partial charge < -0.3 is 5.73 Å². The van der Waals surface area contributed by atoms with Crippen LogP contribution in [0.3, 0.4) is 0 Å². The first kappa shape index (κ1) is 12.9. The van der Waals surface area contributed by atoms with E-state index in [0.29, 0.717) is 5.92 Å². The standard InChI is InChI=1S/C15H26N2/c16-10-9-12-1-5-14(6-2-12)15-7-3-13(11-17)4-8-15/h12-15H,1-10,16H2. The van der Waals surface area contributed by atoms with Crippen LogP contribution in [0.15, 0.2) is 0 Å². The maximum absolute atomic E-state index is 8.92. The average Bonchev–Trinajstić information content (AvgIpc) is 2.40. The van der Waals surface area contributed by atoms with Gasteiger partial charge in [-0.05, 0) is 69.2 Å². The molecule has 2 rings (SSSR count). The molecule has 96 valence electrons. The first-order valence-corrected chi connectivity index (χ1v) is 7.43. The molecule has 0 heterocycles. The van der Waals surface area contributed by atoms with Crippen molar-refractivity contribution in [2.24, 2.45) is 29.4 Å². The van der Waals surface area contributed by atoms with Crippen molar-refractivity contribution in [3.63, 3.8) is 0 Å². The second-order valence-electron chi connectivity index (χ2n) is 6.10. The van der Waals surface area contributed by atoms with Gasteiger partial charge in [0.2, 0.25) is 0 Å². The molecule has 0 spiro atoms. The summed E-state index contributed by atoms with van der Waals surface area (Å²) in [6, 6.07) is 2.44. The van der Waals surface area contributed by atoms with E-state index in [1.54, 1.807) is 0 Å². The Bertz CT molecular complexity index is 253. The molecule has 0 aliphatic heterocycles. The third kappa shape index (κ3) is 3.45. The monoisotopic (exact) mass is 234 g/mol. The van der Waals surface area contributed by atoms with E-state index >= 15 is 0 Å². The highest BCUT2D eigenvalue weighted by Crippen LogP contribution is 2.41. The quantitative estimate of drug-likeness (QED) is 0.813. The molecule has 2 aliphatic carbocycles. The van der Waals surface area contributed by atoms with Crippen molar-refractivity contribution < 1.29 is 0 Å². The van der Waals surface area contributed by atoms with Crippen molar-refractivity contribution in [1.29, 1.82) is 5.26 Å². The predicted molar refractivity (Wildman–Crippen MR) is 70.2 cm³/mol. The van der Waals surface area contributed by atoms with E-state index in [0.717, 1.165) is 37.1 Å². The molecule has 2 fully saturated rings. The van der Waals surface area contributed by atoms with Crippen molar-refractivity contribution >= 4 is 0 Å². The van der Waals surface area contributed by atoms with E-state index in [4.69, 9.17) is 11.0 Å². The van der Waals surface area contributed by atoms with Crippen molar-refractivity contribution in [1.82, 2.24) is 0 Å². The molecular formula is C15H26N2. The first-order valence-electron chi connectivity index (χ1n) is 7.43. The number of nitriles is 1. The summed E-state index contributed by atoms with van der Waals surface area (Å²) in [7, 11) is 0. The van der Waals surface area contributed by atoms with Gasteiger partial charge in [-0.25, -0.2) is 0 Å². The molecule has 0 aromatic carbocycles. The molecule has 0 saturated heterocycles. The Kier molecular flexibility index (Phi) is 4.86. The number of hydrogen-bond acceptors (Lipinski definition) is 2. The SMILES string of the molecule is N#CC1CCC(C2CCC(CCN)CC2)CC1. The largest absolute Gasteiger partial charge is 0.330 e. The summed E-state index contributed by atoms with van der Waals surface area (Å²) < 4.78 is 0. The highest BCUT2D eigenvalue weighted by atomic mass is 14.5. The normalized spacial score (nSPS) is 38.6. The molecule has 0 amide bonds. The highest BCUT2D eigenvalue weighted by molar-refractivity contribution is 4.89. The van der Waals surface area contributed by atoms with Crippen molar-refractivity contribution in [2.75, 3.05) is 6.54 Å². The Hall–Kier alpha value is -0.550. The molecule has 0 radical (unpaired) electrons.